The Labute approximate surface area is 188 Å². The zero-order valence-corrected chi connectivity index (χ0v) is 20.1. The van der Waals surface area contributed by atoms with Gasteiger partial charge in [0.25, 0.3) is 0 Å². The Bertz CT molecular complexity index is 514. The minimum atomic E-state index is -1.49. The van der Waals surface area contributed by atoms with Crippen molar-refractivity contribution in [2.24, 2.45) is 0 Å². The molecule has 2 unspecified atom stereocenters. The molecule has 0 saturated carbocycles. The second kappa shape index (κ2) is 14.8. The largest absolute Gasteiger partial charge is 0.433 e. The van der Waals surface area contributed by atoms with E-state index in [-0.39, 0.29) is 25.4 Å². The first-order valence-electron chi connectivity index (χ1n) is 12.3. The first-order valence-corrected chi connectivity index (χ1v) is 12.3. The SMILES string of the molecule is CCCCC(O)(CCCC)C1(CCCC)OCC(OCC)OC(=O)CCCCC(=O)O1. The highest BCUT2D eigenvalue weighted by atomic mass is 16.8. The number of ether oxygens (including phenoxy) is 4. The molecule has 0 bridgehead atoms. The summed E-state index contributed by atoms with van der Waals surface area (Å²) < 4.78 is 23.3. The van der Waals surface area contributed by atoms with E-state index in [4.69, 9.17) is 18.9 Å². The van der Waals surface area contributed by atoms with E-state index in [0.717, 1.165) is 38.5 Å². The van der Waals surface area contributed by atoms with Crippen LogP contribution in [-0.4, -0.2) is 47.9 Å². The summed E-state index contributed by atoms with van der Waals surface area (Å²) in [7, 11) is 0. The van der Waals surface area contributed by atoms with Crippen LogP contribution in [0, 0.1) is 0 Å². The maximum absolute atomic E-state index is 12.8. The van der Waals surface area contributed by atoms with Crippen molar-refractivity contribution in [1.82, 2.24) is 0 Å². The molecular formula is C24H44O7. The zero-order valence-electron chi connectivity index (χ0n) is 20.1. The zero-order chi connectivity index (χ0) is 23.2. The Morgan fingerprint density at radius 1 is 0.968 bits per heavy atom. The third-order valence-electron chi connectivity index (χ3n) is 5.81. The first kappa shape index (κ1) is 27.9. The molecule has 0 aromatic heterocycles. The summed E-state index contributed by atoms with van der Waals surface area (Å²) >= 11 is 0. The molecule has 0 radical (unpaired) electrons. The summed E-state index contributed by atoms with van der Waals surface area (Å²) in [4.78, 5) is 25.0. The van der Waals surface area contributed by atoms with Gasteiger partial charge >= 0.3 is 11.9 Å². The van der Waals surface area contributed by atoms with Crippen LogP contribution < -0.4 is 0 Å². The van der Waals surface area contributed by atoms with E-state index in [1.54, 1.807) is 0 Å². The standard InChI is InChI=1S/C24H44O7/c1-5-9-16-23(27,17-10-6-2)24(18-11-7-3)29-19-22(28-8-4)30-20(25)14-12-13-15-21(26)31-24/h22,27H,5-19H2,1-4H3. The molecule has 31 heavy (non-hydrogen) atoms. The molecule has 1 N–H and O–H groups in total. The molecule has 1 fully saturated rings. The molecule has 1 aliphatic heterocycles. The lowest BCUT2D eigenvalue weighted by Crippen LogP contribution is -2.59. The second-order valence-corrected chi connectivity index (χ2v) is 8.46. The number of esters is 2. The van der Waals surface area contributed by atoms with Crippen molar-refractivity contribution in [1.29, 1.82) is 0 Å². The van der Waals surface area contributed by atoms with Crippen LogP contribution in [0.15, 0.2) is 0 Å². The molecule has 0 aliphatic carbocycles. The van der Waals surface area contributed by atoms with Gasteiger partial charge in [0.1, 0.15) is 12.2 Å². The fraction of sp³-hybridized carbons (Fsp3) is 0.917. The predicted molar refractivity (Wildman–Crippen MR) is 118 cm³/mol. The number of aliphatic hydroxyl groups is 1. The lowest BCUT2D eigenvalue weighted by Gasteiger charge is -2.47. The average Bonchev–Trinajstić information content (AvgIpc) is 2.74. The van der Waals surface area contributed by atoms with Gasteiger partial charge in [-0.1, -0.05) is 52.9 Å². The first-order chi connectivity index (χ1) is 14.9. The summed E-state index contributed by atoms with van der Waals surface area (Å²) in [5.74, 6) is -2.27. The lowest BCUT2D eigenvalue weighted by molar-refractivity contribution is -0.330. The van der Waals surface area contributed by atoms with E-state index in [1.807, 2.05) is 13.8 Å². The molecule has 7 nitrogen and oxygen atoms in total. The van der Waals surface area contributed by atoms with Gasteiger partial charge in [-0.2, -0.15) is 0 Å². The molecule has 1 rings (SSSR count). The van der Waals surface area contributed by atoms with Gasteiger partial charge in [0.15, 0.2) is 0 Å². The maximum Gasteiger partial charge on any atom is 0.308 e. The van der Waals surface area contributed by atoms with E-state index in [0.29, 0.717) is 38.7 Å². The van der Waals surface area contributed by atoms with Gasteiger partial charge in [-0.15, -0.1) is 0 Å². The highest BCUT2D eigenvalue weighted by Gasteiger charge is 2.54. The van der Waals surface area contributed by atoms with Gasteiger partial charge < -0.3 is 24.1 Å². The number of carbonyl (C=O) groups excluding carboxylic acids is 2. The molecule has 1 saturated heterocycles. The predicted octanol–water partition coefficient (Wildman–Crippen LogP) is 5.02. The smallest absolute Gasteiger partial charge is 0.308 e. The van der Waals surface area contributed by atoms with Crippen LogP contribution in [0.3, 0.4) is 0 Å². The van der Waals surface area contributed by atoms with Crippen molar-refractivity contribution in [2.45, 2.75) is 129 Å². The van der Waals surface area contributed by atoms with Crippen molar-refractivity contribution in [3.63, 3.8) is 0 Å². The number of rotatable bonds is 12. The Balaban J connectivity index is 3.34. The number of cyclic esters (lactones) is 2. The average molecular weight is 445 g/mol. The van der Waals surface area contributed by atoms with Crippen LogP contribution in [0.5, 0.6) is 0 Å². The van der Waals surface area contributed by atoms with Gasteiger partial charge in [0.2, 0.25) is 12.1 Å². The summed E-state index contributed by atoms with van der Waals surface area (Å²) in [5.41, 5.74) is -1.32. The molecule has 1 heterocycles. The van der Waals surface area contributed by atoms with Crippen molar-refractivity contribution in [3.8, 4) is 0 Å². The van der Waals surface area contributed by atoms with Gasteiger partial charge in [-0.05, 0) is 39.0 Å². The fourth-order valence-electron chi connectivity index (χ4n) is 3.95. The quantitative estimate of drug-likeness (QED) is 0.422. The van der Waals surface area contributed by atoms with Crippen molar-refractivity contribution < 1.29 is 33.6 Å². The van der Waals surface area contributed by atoms with Gasteiger partial charge in [-0.3, -0.25) is 9.59 Å². The van der Waals surface area contributed by atoms with Crippen LogP contribution in [0.1, 0.15) is 111 Å². The van der Waals surface area contributed by atoms with Crippen LogP contribution >= 0.6 is 0 Å². The highest BCUT2D eigenvalue weighted by Crippen LogP contribution is 2.41. The Hall–Kier alpha value is -1.18. The van der Waals surface area contributed by atoms with Crippen LogP contribution in [0.2, 0.25) is 0 Å². The van der Waals surface area contributed by atoms with E-state index in [9.17, 15) is 14.7 Å². The summed E-state index contributed by atoms with van der Waals surface area (Å²) in [6, 6.07) is 0. The maximum atomic E-state index is 12.8. The van der Waals surface area contributed by atoms with Crippen LogP contribution in [0.25, 0.3) is 0 Å². The topological polar surface area (TPSA) is 91.3 Å². The van der Waals surface area contributed by atoms with Crippen LogP contribution in [-0.2, 0) is 28.5 Å². The lowest BCUT2D eigenvalue weighted by atomic mass is 9.80. The van der Waals surface area contributed by atoms with E-state index < -0.39 is 23.6 Å². The molecule has 182 valence electrons. The molecule has 0 amide bonds. The Kier molecular flexibility index (Phi) is 13.3. The fourth-order valence-corrected chi connectivity index (χ4v) is 3.95. The number of carbonyl (C=O) groups is 2. The summed E-state index contributed by atoms with van der Waals surface area (Å²) in [6.07, 6.45) is 6.85. The molecule has 7 heteroatoms. The van der Waals surface area contributed by atoms with E-state index in [1.165, 1.54) is 0 Å². The highest BCUT2D eigenvalue weighted by molar-refractivity contribution is 5.71. The van der Waals surface area contributed by atoms with Gasteiger partial charge in [0.05, 0.1) is 0 Å². The minimum absolute atomic E-state index is 0.100. The minimum Gasteiger partial charge on any atom is -0.433 e. The van der Waals surface area contributed by atoms with Crippen LogP contribution in [0.4, 0.5) is 0 Å². The number of unbranched alkanes of at least 4 members (excludes halogenated alkanes) is 3. The molecular weight excluding hydrogens is 400 g/mol. The van der Waals surface area contributed by atoms with Gasteiger partial charge in [0, 0.05) is 25.9 Å². The molecule has 2 atom stereocenters. The monoisotopic (exact) mass is 444 g/mol. The number of hydrogen-bond acceptors (Lipinski definition) is 7. The second-order valence-electron chi connectivity index (χ2n) is 8.46. The van der Waals surface area contributed by atoms with Crippen molar-refractivity contribution >= 4 is 11.9 Å². The van der Waals surface area contributed by atoms with Crippen molar-refractivity contribution in [2.75, 3.05) is 13.2 Å². The number of hydrogen-bond donors (Lipinski definition) is 1. The third-order valence-corrected chi connectivity index (χ3v) is 5.81. The van der Waals surface area contributed by atoms with Crippen molar-refractivity contribution in [3.05, 3.63) is 0 Å². The molecule has 1 aliphatic rings. The third kappa shape index (κ3) is 9.07. The van der Waals surface area contributed by atoms with E-state index in [2.05, 4.69) is 13.8 Å². The molecule has 0 aromatic rings. The van der Waals surface area contributed by atoms with E-state index >= 15 is 0 Å². The Morgan fingerprint density at radius 3 is 2.10 bits per heavy atom. The van der Waals surface area contributed by atoms with Gasteiger partial charge in [-0.25, -0.2) is 0 Å². The normalized spacial score (nSPS) is 24.1. The molecule has 0 aromatic carbocycles. The Morgan fingerprint density at radius 2 is 1.55 bits per heavy atom. The molecule has 0 spiro atoms. The summed E-state index contributed by atoms with van der Waals surface area (Å²) in [6.45, 7) is 8.24. The summed E-state index contributed by atoms with van der Waals surface area (Å²) in [5, 5.41) is 11.9.